The van der Waals surface area contributed by atoms with Gasteiger partial charge in [-0.1, -0.05) is 12.1 Å². The molecule has 4 heterocycles. The van der Waals surface area contributed by atoms with E-state index in [2.05, 4.69) is 15.3 Å². The highest BCUT2D eigenvalue weighted by atomic mass is 32.2. The number of thiophene rings is 1. The largest absolute Gasteiger partial charge is 0.481 e. The van der Waals surface area contributed by atoms with E-state index in [9.17, 15) is 18.3 Å². The average Bonchev–Trinajstić information content (AvgIpc) is 3.46. The van der Waals surface area contributed by atoms with Gasteiger partial charge in [-0.2, -0.15) is 4.31 Å². The van der Waals surface area contributed by atoms with Gasteiger partial charge < -0.3 is 9.84 Å². The number of hydrogen-bond donors (Lipinski definition) is 1. The Bertz CT molecular complexity index is 1400. The van der Waals surface area contributed by atoms with E-state index in [-0.39, 0.29) is 35.9 Å². The molecule has 3 aromatic rings. The molecule has 4 rings (SSSR count). The Morgan fingerprint density at radius 2 is 2.11 bits per heavy atom. The van der Waals surface area contributed by atoms with Crippen LogP contribution in [-0.2, 0) is 34.3 Å². The zero-order valence-corrected chi connectivity index (χ0v) is 24.0. The van der Waals surface area contributed by atoms with Crippen LogP contribution in [0.4, 0.5) is 0 Å². The molecule has 1 aliphatic rings. The molecule has 0 saturated heterocycles. The number of fused-ring (bicyclic) bond motifs is 1. The molecule has 0 aromatic carbocycles. The Labute approximate surface area is 227 Å². The van der Waals surface area contributed by atoms with E-state index in [4.69, 9.17) is 4.74 Å². The first-order valence-electron chi connectivity index (χ1n) is 12.8. The van der Waals surface area contributed by atoms with Crippen LogP contribution in [-0.4, -0.2) is 56.4 Å². The number of nitrogens with zero attached hydrogens (tertiary/aromatic N) is 5. The number of aryl methyl sites for hydroxylation is 3. The van der Waals surface area contributed by atoms with E-state index >= 15 is 0 Å². The van der Waals surface area contributed by atoms with Gasteiger partial charge in [0.25, 0.3) is 0 Å². The first kappa shape index (κ1) is 28.2. The number of sulfonamides is 1. The molecule has 1 N–H and O–H groups in total. The number of carbonyl (C=O) groups is 1. The number of hydrogen-bond acceptors (Lipinski definition) is 8. The molecule has 1 aliphatic heterocycles. The topological polar surface area (TPSA) is 128 Å². The number of carboxylic acid groups (broad SMARTS) is 1. The molecule has 38 heavy (non-hydrogen) atoms. The van der Waals surface area contributed by atoms with Gasteiger partial charge in [-0.15, -0.1) is 16.4 Å². The monoisotopic (exact) mass is 561 g/mol. The summed E-state index contributed by atoms with van der Waals surface area (Å²) in [6.45, 7) is 10.5. The lowest BCUT2D eigenvalue weighted by molar-refractivity contribution is -0.148. The van der Waals surface area contributed by atoms with Gasteiger partial charge in [-0.05, 0) is 70.7 Å². The van der Waals surface area contributed by atoms with Crippen molar-refractivity contribution >= 4 is 27.3 Å². The highest BCUT2D eigenvalue weighted by molar-refractivity contribution is 7.89. The van der Waals surface area contributed by atoms with Gasteiger partial charge in [0, 0.05) is 41.2 Å². The minimum atomic E-state index is -3.84. The van der Waals surface area contributed by atoms with E-state index < -0.39 is 21.4 Å². The second kappa shape index (κ2) is 11.1. The van der Waals surface area contributed by atoms with E-state index in [1.807, 2.05) is 33.0 Å². The van der Waals surface area contributed by atoms with Crippen molar-refractivity contribution in [2.75, 3.05) is 6.54 Å². The average molecular weight is 562 g/mol. The molecule has 0 fully saturated rings. The molecule has 0 spiro atoms. The van der Waals surface area contributed by atoms with E-state index in [0.29, 0.717) is 25.8 Å². The lowest BCUT2D eigenvalue weighted by atomic mass is 9.75. The first-order chi connectivity index (χ1) is 18.0. The van der Waals surface area contributed by atoms with E-state index in [0.717, 1.165) is 21.0 Å². The zero-order valence-electron chi connectivity index (χ0n) is 22.4. The Balaban J connectivity index is 1.64. The minimum absolute atomic E-state index is 0.0640. The maximum atomic E-state index is 13.6. The van der Waals surface area contributed by atoms with Crippen LogP contribution in [0.5, 0.6) is 5.88 Å². The van der Waals surface area contributed by atoms with Crippen molar-refractivity contribution in [2.24, 2.45) is 5.41 Å². The zero-order chi connectivity index (χ0) is 27.7. The number of pyridine rings is 1. The molecule has 12 heteroatoms. The summed E-state index contributed by atoms with van der Waals surface area (Å²) in [6, 6.07) is 5.09. The van der Waals surface area contributed by atoms with Crippen LogP contribution in [0.15, 0.2) is 35.5 Å². The van der Waals surface area contributed by atoms with E-state index in [1.165, 1.54) is 27.9 Å². The van der Waals surface area contributed by atoms with Crippen molar-refractivity contribution in [1.82, 2.24) is 24.3 Å². The lowest BCUT2D eigenvalue weighted by Crippen LogP contribution is -2.36. The molecule has 0 bridgehead atoms. The molecule has 2 atom stereocenters. The Hall–Kier alpha value is -2.83. The standard InChI is InChI=1S/C26H35N5O5S2/c1-6-20-16-31(38(34,35)23-9-8-12-27-24(23)36-20)14-18-13-22(37-17(18)3)21(26(4,5)25(32)33)11-10-19-15-30(7-2)29-28-19/h8-9,12-13,15,20-21H,6-7,10-11,14,16H2,1-5H3,(H,32,33)/t20-,21?/m1/s1. The molecule has 0 saturated carbocycles. The number of aromatic nitrogens is 4. The number of rotatable bonds is 10. The quantitative estimate of drug-likeness (QED) is 0.389. The molecular weight excluding hydrogens is 526 g/mol. The first-order valence-corrected chi connectivity index (χ1v) is 15.1. The van der Waals surface area contributed by atoms with Gasteiger partial charge >= 0.3 is 5.97 Å². The van der Waals surface area contributed by atoms with Crippen molar-refractivity contribution < 1.29 is 23.1 Å². The molecule has 10 nitrogen and oxygen atoms in total. The molecule has 1 unspecified atom stereocenters. The van der Waals surface area contributed by atoms with Crippen molar-refractivity contribution in [3.05, 3.63) is 51.6 Å². The third kappa shape index (κ3) is 5.62. The highest BCUT2D eigenvalue weighted by Gasteiger charge is 2.40. The molecule has 206 valence electrons. The van der Waals surface area contributed by atoms with Gasteiger partial charge in [0.2, 0.25) is 15.9 Å². The van der Waals surface area contributed by atoms with Crippen LogP contribution in [0.3, 0.4) is 0 Å². The molecule has 0 amide bonds. The third-order valence-corrected chi connectivity index (χ3v) is 10.3. The summed E-state index contributed by atoms with van der Waals surface area (Å²) in [5, 5.41) is 18.4. The fraction of sp³-hybridized carbons (Fsp3) is 0.538. The summed E-state index contributed by atoms with van der Waals surface area (Å²) in [4.78, 5) is 18.4. The van der Waals surface area contributed by atoms with Gasteiger partial charge in [0.05, 0.1) is 17.7 Å². The van der Waals surface area contributed by atoms with Gasteiger partial charge in [-0.25, -0.2) is 13.4 Å². The summed E-state index contributed by atoms with van der Waals surface area (Å²) < 4.78 is 36.3. The fourth-order valence-electron chi connectivity index (χ4n) is 4.65. The van der Waals surface area contributed by atoms with Crippen molar-refractivity contribution in [3.63, 3.8) is 0 Å². The Kier molecular flexibility index (Phi) is 8.24. The van der Waals surface area contributed by atoms with Crippen molar-refractivity contribution in [3.8, 4) is 5.88 Å². The predicted molar refractivity (Wildman–Crippen MR) is 144 cm³/mol. The van der Waals surface area contributed by atoms with Crippen molar-refractivity contribution in [1.29, 1.82) is 0 Å². The molecular formula is C26H35N5O5S2. The minimum Gasteiger partial charge on any atom is -0.481 e. The number of carboxylic acids is 1. The van der Waals surface area contributed by atoms with Gasteiger partial charge in [0.1, 0.15) is 11.0 Å². The van der Waals surface area contributed by atoms with Crippen molar-refractivity contribution in [2.45, 2.75) is 83.9 Å². The van der Waals surface area contributed by atoms with Crippen LogP contribution in [0.25, 0.3) is 0 Å². The van der Waals surface area contributed by atoms with Crippen LogP contribution in [0, 0.1) is 12.3 Å². The van der Waals surface area contributed by atoms with Crippen LogP contribution in [0.2, 0.25) is 0 Å². The molecule has 3 aromatic heterocycles. The highest BCUT2D eigenvalue weighted by Crippen LogP contribution is 2.43. The molecule has 0 aliphatic carbocycles. The Morgan fingerprint density at radius 3 is 2.76 bits per heavy atom. The lowest BCUT2D eigenvalue weighted by Gasteiger charge is -2.29. The van der Waals surface area contributed by atoms with Crippen LogP contribution < -0.4 is 4.74 Å². The predicted octanol–water partition coefficient (Wildman–Crippen LogP) is 4.25. The number of aliphatic carboxylic acids is 1. The maximum Gasteiger partial charge on any atom is 0.309 e. The summed E-state index contributed by atoms with van der Waals surface area (Å²) in [7, 11) is -3.84. The third-order valence-electron chi connectivity index (χ3n) is 7.25. The molecule has 0 radical (unpaired) electrons. The summed E-state index contributed by atoms with van der Waals surface area (Å²) >= 11 is 1.53. The number of ether oxygens (including phenoxy) is 1. The van der Waals surface area contributed by atoms with Crippen LogP contribution in [0.1, 0.15) is 67.5 Å². The summed E-state index contributed by atoms with van der Waals surface area (Å²) in [5.41, 5.74) is 0.648. The maximum absolute atomic E-state index is 13.6. The fourth-order valence-corrected chi connectivity index (χ4v) is 7.54. The SMILES string of the molecule is CC[C@@H]1CN(Cc2cc(C(CCc3cn(CC)nn3)C(C)(C)C(=O)O)sc2C)S(=O)(=O)c2cccnc2O1. The van der Waals surface area contributed by atoms with E-state index in [1.54, 1.807) is 24.6 Å². The summed E-state index contributed by atoms with van der Waals surface area (Å²) in [6.07, 6.45) is 4.89. The smallest absolute Gasteiger partial charge is 0.309 e. The second-order valence-corrected chi connectivity index (χ2v) is 13.4. The normalized spacial score (nSPS) is 18.4. The summed E-state index contributed by atoms with van der Waals surface area (Å²) in [5.74, 6) is -1.04. The van der Waals surface area contributed by atoms with Crippen LogP contribution >= 0.6 is 11.3 Å². The van der Waals surface area contributed by atoms with Gasteiger partial charge in [0.15, 0.2) is 0 Å². The van der Waals surface area contributed by atoms with Gasteiger partial charge in [-0.3, -0.25) is 9.48 Å². The Morgan fingerprint density at radius 1 is 1.34 bits per heavy atom. The second-order valence-electron chi connectivity index (χ2n) is 10.2.